The number of nitrogens with one attached hydrogen (secondary N) is 1. The lowest BCUT2D eigenvalue weighted by atomic mass is 10.1. The number of rotatable bonds is 4. The smallest absolute Gasteiger partial charge is 0.325 e. The molecule has 2 aromatic carbocycles. The lowest BCUT2D eigenvalue weighted by Crippen LogP contribution is -2.40. The van der Waals surface area contributed by atoms with Gasteiger partial charge in [0.05, 0.1) is 11.2 Å². The molecular formula is C22H18ClN3O3S. The van der Waals surface area contributed by atoms with Crippen LogP contribution in [0, 0.1) is 13.8 Å². The fraction of sp³-hybridized carbons (Fsp3) is 0.136. The summed E-state index contributed by atoms with van der Waals surface area (Å²) < 4.78 is 2.91. The number of hydrogen-bond donors (Lipinski definition) is 1. The van der Waals surface area contributed by atoms with Crippen LogP contribution < -0.4 is 16.6 Å². The van der Waals surface area contributed by atoms with E-state index in [9.17, 15) is 14.4 Å². The maximum atomic E-state index is 13.3. The number of halogens is 1. The van der Waals surface area contributed by atoms with E-state index in [1.807, 2.05) is 19.9 Å². The topological polar surface area (TPSA) is 73.1 Å². The van der Waals surface area contributed by atoms with Gasteiger partial charge < -0.3 is 5.32 Å². The maximum Gasteiger partial charge on any atom is 0.336 e. The number of benzene rings is 2. The predicted molar refractivity (Wildman–Crippen MR) is 121 cm³/mol. The molecule has 4 aromatic rings. The first kappa shape index (κ1) is 20.1. The highest BCUT2D eigenvalue weighted by molar-refractivity contribution is 7.17. The summed E-state index contributed by atoms with van der Waals surface area (Å²) in [7, 11) is 0. The van der Waals surface area contributed by atoms with Crippen molar-refractivity contribution in [1.82, 2.24) is 9.13 Å². The van der Waals surface area contributed by atoms with Crippen LogP contribution in [0.4, 0.5) is 5.69 Å². The molecule has 0 fully saturated rings. The Morgan fingerprint density at radius 1 is 1.07 bits per heavy atom. The first-order valence-electron chi connectivity index (χ1n) is 9.22. The van der Waals surface area contributed by atoms with Crippen LogP contribution in [0.5, 0.6) is 0 Å². The van der Waals surface area contributed by atoms with Crippen LogP contribution in [0.2, 0.25) is 5.02 Å². The van der Waals surface area contributed by atoms with Crippen LogP contribution in [0.15, 0.2) is 63.5 Å². The molecule has 0 radical (unpaired) electrons. The highest BCUT2D eigenvalue weighted by Crippen LogP contribution is 2.19. The predicted octanol–water partition coefficient (Wildman–Crippen LogP) is 4.12. The van der Waals surface area contributed by atoms with Crippen molar-refractivity contribution in [3.05, 3.63) is 90.9 Å². The van der Waals surface area contributed by atoms with Gasteiger partial charge in [-0.05, 0) is 66.8 Å². The van der Waals surface area contributed by atoms with E-state index >= 15 is 0 Å². The van der Waals surface area contributed by atoms with E-state index in [0.717, 1.165) is 15.7 Å². The third-order valence-electron chi connectivity index (χ3n) is 5.00. The molecule has 152 valence electrons. The van der Waals surface area contributed by atoms with Gasteiger partial charge in [0.1, 0.15) is 11.2 Å². The summed E-state index contributed by atoms with van der Waals surface area (Å²) in [5, 5.41) is 5.06. The minimum atomic E-state index is -0.550. The van der Waals surface area contributed by atoms with Crippen molar-refractivity contribution in [1.29, 1.82) is 0 Å². The van der Waals surface area contributed by atoms with Crippen molar-refractivity contribution in [2.75, 3.05) is 5.32 Å². The SMILES string of the molecule is Cc1cccc(-n2c(=O)c3sccc3n(CC(=O)Nc3ccc(Cl)cc3)c2=O)c1C. The van der Waals surface area contributed by atoms with E-state index in [1.165, 1.54) is 15.9 Å². The first-order valence-corrected chi connectivity index (χ1v) is 10.5. The minimum absolute atomic E-state index is 0.222. The van der Waals surface area contributed by atoms with Crippen LogP contribution in [0.25, 0.3) is 15.9 Å². The molecule has 0 unspecified atom stereocenters. The lowest BCUT2D eigenvalue weighted by molar-refractivity contribution is -0.116. The van der Waals surface area contributed by atoms with Gasteiger partial charge in [0.15, 0.2) is 0 Å². The number of thiophene rings is 1. The summed E-state index contributed by atoms with van der Waals surface area (Å²) in [5.74, 6) is -0.377. The molecule has 0 spiro atoms. The van der Waals surface area contributed by atoms with Crippen molar-refractivity contribution < 1.29 is 4.79 Å². The summed E-state index contributed by atoms with van der Waals surface area (Å²) in [6, 6.07) is 13.8. The second-order valence-electron chi connectivity index (χ2n) is 6.92. The van der Waals surface area contributed by atoms with Crippen LogP contribution >= 0.6 is 22.9 Å². The molecule has 0 aliphatic carbocycles. The summed E-state index contributed by atoms with van der Waals surface area (Å²) >= 11 is 7.13. The van der Waals surface area contributed by atoms with Crippen LogP contribution in [-0.2, 0) is 11.3 Å². The van der Waals surface area contributed by atoms with Gasteiger partial charge in [-0.15, -0.1) is 11.3 Å². The van der Waals surface area contributed by atoms with Gasteiger partial charge in [-0.3, -0.25) is 14.2 Å². The second-order valence-corrected chi connectivity index (χ2v) is 8.27. The van der Waals surface area contributed by atoms with Gasteiger partial charge in [0, 0.05) is 10.7 Å². The van der Waals surface area contributed by atoms with E-state index in [-0.39, 0.29) is 18.0 Å². The van der Waals surface area contributed by atoms with E-state index in [4.69, 9.17) is 11.6 Å². The van der Waals surface area contributed by atoms with E-state index in [1.54, 1.807) is 47.8 Å². The number of aryl methyl sites for hydroxylation is 1. The van der Waals surface area contributed by atoms with E-state index < -0.39 is 5.69 Å². The minimum Gasteiger partial charge on any atom is -0.325 e. The summed E-state index contributed by atoms with van der Waals surface area (Å²) in [4.78, 5) is 39.1. The molecule has 2 heterocycles. The van der Waals surface area contributed by atoms with Crippen molar-refractivity contribution in [2.24, 2.45) is 0 Å². The Morgan fingerprint density at radius 2 is 1.80 bits per heavy atom. The zero-order valence-electron chi connectivity index (χ0n) is 16.3. The molecule has 0 aliphatic heterocycles. The van der Waals surface area contributed by atoms with Gasteiger partial charge in [0.2, 0.25) is 5.91 Å². The van der Waals surface area contributed by atoms with Crippen LogP contribution in [-0.4, -0.2) is 15.0 Å². The molecule has 0 saturated carbocycles. The first-order chi connectivity index (χ1) is 14.4. The van der Waals surface area contributed by atoms with Gasteiger partial charge in [-0.25, -0.2) is 9.36 Å². The fourth-order valence-corrected chi connectivity index (χ4v) is 4.26. The van der Waals surface area contributed by atoms with Crippen molar-refractivity contribution >= 4 is 44.7 Å². The molecule has 1 amide bonds. The zero-order chi connectivity index (χ0) is 21.4. The third kappa shape index (κ3) is 3.58. The molecule has 0 bridgehead atoms. The molecule has 30 heavy (non-hydrogen) atoms. The van der Waals surface area contributed by atoms with Crippen LogP contribution in [0.1, 0.15) is 11.1 Å². The Bertz CT molecular complexity index is 1380. The second kappa shape index (κ2) is 7.93. The lowest BCUT2D eigenvalue weighted by Gasteiger charge is -2.14. The molecule has 1 N–H and O–H groups in total. The Labute approximate surface area is 181 Å². The zero-order valence-corrected chi connectivity index (χ0v) is 17.9. The fourth-order valence-electron chi connectivity index (χ4n) is 3.31. The summed E-state index contributed by atoms with van der Waals surface area (Å²) in [5.41, 5.74) is 2.41. The van der Waals surface area contributed by atoms with Gasteiger partial charge in [-0.1, -0.05) is 23.7 Å². The highest BCUT2D eigenvalue weighted by atomic mass is 35.5. The number of aromatic nitrogens is 2. The molecule has 0 atom stereocenters. The summed E-state index contributed by atoms with van der Waals surface area (Å²) in [6.07, 6.45) is 0. The summed E-state index contributed by atoms with van der Waals surface area (Å²) in [6.45, 7) is 3.57. The highest BCUT2D eigenvalue weighted by Gasteiger charge is 2.19. The number of anilines is 1. The Balaban J connectivity index is 1.82. The Morgan fingerprint density at radius 3 is 2.53 bits per heavy atom. The number of hydrogen-bond acceptors (Lipinski definition) is 4. The molecule has 8 heteroatoms. The maximum absolute atomic E-state index is 13.3. The van der Waals surface area contributed by atoms with Crippen molar-refractivity contribution in [3.8, 4) is 5.69 Å². The Hall–Kier alpha value is -3.16. The van der Waals surface area contributed by atoms with Gasteiger partial charge in [0.25, 0.3) is 5.56 Å². The van der Waals surface area contributed by atoms with E-state index in [0.29, 0.717) is 26.6 Å². The molecule has 0 saturated heterocycles. The van der Waals surface area contributed by atoms with Crippen molar-refractivity contribution in [3.63, 3.8) is 0 Å². The van der Waals surface area contributed by atoms with Crippen LogP contribution in [0.3, 0.4) is 0 Å². The standard InChI is InChI=1S/C22H18ClN3O3S/c1-13-4-3-5-17(14(13)2)26-21(28)20-18(10-11-30-20)25(22(26)29)12-19(27)24-16-8-6-15(23)7-9-16/h3-11H,12H2,1-2H3,(H,24,27). The quantitative estimate of drug-likeness (QED) is 0.519. The number of fused-ring (bicyclic) bond motifs is 1. The number of carbonyl (C=O) groups excluding carboxylic acids is 1. The Kier molecular flexibility index (Phi) is 5.32. The normalized spacial score (nSPS) is 11.0. The third-order valence-corrected chi connectivity index (χ3v) is 6.15. The number of nitrogens with zero attached hydrogens (tertiary/aromatic N) is 2. The van der Waals surface area contributed by atoms with Crippen molar-refractivity contribution in [2.45, 2.75) is 20.4 Å². The molecule has 6 nitrogen and oxygen atoms in total. The largest absolute Gasteiger partial charge is 0.336 e. The molecule has 4 rings (SSSR count). The average molecular weight is 440 g/mol. The number of amides is 1. The number of carbonyl (C=O) groups is 1. The van der Waals surface area contributed by atoms with E-state index in [2.05, 4.69) is 5.32 Å². The molecule has 2 aromatic heterocycles. The molecule has 0 aliphatic rings. The average Bonchev–Trinajstić information content (AvgIpc) is 3.20. The van der Waals surface area contributed by atoms with Gasteiger partial charge in [-0.2, -0.15) is 0 Å². The monoisotopic (exact) mass is 439 g/mol. The molecular weight excluding hydrogens is 422 g/mol. The van der Waals surface area contributed by atoms with Gasteiger partial charge >= 0.3 is 5.69 Å².